The normalized spacial score (nSPS) is 19.6. The lowest BCUT2D eigenvalue weighted by Gasteiger charge is -2.38. The lowest BCUT2D eigenvalue weighted by molar-refractivity contribution is -0.130. The largest absolute Gasteiger partial charge is 0.274 e. The molecule has 1 aliphatic heterocycles. The van der Waals surface area contributed by atoms with Gasteiger partial charge in [0.05, 0.1) is 4.90 Å². The molecule has 30 heavy (non-hydrogen) atoms. The van der Waals surface area contributed by atoms with Crippen LogP contribution in [0.15, 0.2) is 89.8 Å². The number of piperidine rings is 1. The Labute approximate surface area is 178 Å². The Balaban J connectivity index is 1.68. The molecule has 0 radical (unpaired) electrons. The van der Waals surface area contributed by atoms with Gasteiger partial charge in [-0.25, -0.2) is 12.7 Å². The fraction of sp³-hybridized carbons (Fsp3) is 0.240. The second-order valence-electron chi connectivity index (χ2n) is 7.91. The van der Waals surface area contributed by atoms with Crippen molar-refractivity contribution in [3.05, 3.63) is 102 Å². The van der Waals surface area contributed by atoms with Gasteiger partial charge >= 0.3 is 0 Å². The van der Waals surface area contributed by atoms with Gasteiger partial charge in [0.1, 0.15) is 0 Å². The van der Waals surface area contributed by atoms with Crippen molar-refractivity contribution >= 4 is 15.9 Å². The van der Waals surface area contributed by atoms with Crippen LogP contribution in [0.3, 0.4) is 0 Å². The van der Waals surface area contributed by atoms with Gasteiger partial charge in [0.25, 0.3) is 10.0 Å². The minimum Gasteiger partial charge on any atom is -0.274 e. The van der Waals surface area contributed by atoms with E-state index in [2.05, 4.69) is 12.1 Å². The molecule has 1 heterocycles. The fourth-order valence-corrected chi connectivity index (χ4v) is 5.65. The number of amides is 1. The van der Waals surface area contributed by atoms with Gasteiger partial charge in [-0.3, -0.25) is 4.79 Å². The first-order chi connectivity index (χ1) is 14.4. The van der Waals surface area contributed by atoms with Crippen molar-refractivity contribution in [1.29, 1.82) is 0 Å². The fourth-order valence-electron chi connectivity index (χ4n) is 4.18. The number of nitrogens with zero attached hydrogens (tertiary/aromatic N) is 1. The smallest absolute Gasteiger partial charge is 0.266 e. The molecule has 154 valence electrons. The van der Waals surface area contributed by atoms with Crippen LogP contribution in [0.25, 0.3) is 0 Å². The van der Waals surface area contributed by atoms with Crippen LogP contribution in [-0.2, 0) is 21.2 Å². The molecular weight excluding hydrogens is 394 g/mol. The number of hydrogen-bond donors (Lipinski definition) is 0. The first-order valence-electron chi connectivity index (χ1n) is 10.2. The number of hydrogen-bond acceptors (Lipinski definition) is 3. The molecule has 1 aliphatic rings. The summed E-state index contributed by atoms with van der Waals surface area (Å²) < 4.78 is 27.6. The van der Waals surface area contributed by atoms with E-state index in [9.17, 15) is 13.2 Å². The summed E-state index contributed by atoms with van der Waals surface area (Å²) in [7, 11) is -3.87. The second-order valence-corrected chi connectivity index (χ2v) is 9.78. The average molecular weight is 420 g/mol. The third kappa shape index (κ3) is 4.17. The molecule has 1 amide bonds. The molecule has 0 N–H and O–H groups in total. The zero-order valence-corrected chi connectivity index (χ0v) is 17.8. The van der Waals surface area contributed by atoms with E-state index in [4.69, 9.17) is 0 Å². The molecule has 4 rings (SSSR count). The molecule has 4 nitrogen and oxygen atoms in total. The maximum atomic E-state index is 13.3. The maximum Gasteiger partial charge on any atom is 0.266 e. The zero-order valence-electron chi connectivity index (χ0n) is 16.9. The lowest BCUT2D eigenvalue weighted by atomic mass is 9.78. The highest BCUT2D eigenvalue weighted by molar-refractivity contribution is 7.89. The zero-order chi connectivity index (χ0) is 21.1. The quantitative estimate of drug-likeness (QED) is 0.609. The Morgan fingerprint density at radius 3 is 2.10 bits per heavy atom. The molecule has 3 aromatic carbocycles. The summed E-state index contributed by atoms with van der Waals surface area (Å²) >= 11 is 0. The third-order valence-electron chi connectivity index (χ3n) is 5.82. The predicted molar refractivity (Wildman–Crippen MR) is 118 cm³/mol. The van der Waals surface area contributed by atoms with Crippen LogP contribution in [0.1, 0.15) is 29.0 Å². The summed E-state index contributed by atoms with van der Waals surface area (Å²) in [6, 6.07) is 26.7. The summed E-state index contributed by atoms with van der Waals surface area (Å²) in [5, 5.41) is 0. The van der Waals surface area contributed by atoms with Crippen LogP contribution >= 0.6 is 0 Å². The third-order valence-corrected chi connectivity index (χ3v) is 7.62. The monoisotopic (exact) mass is 419 g/mol. The van der Waals surface area contributed by atoms with E-state index in [-0.39, 0.29) is 35.6 Å². The summed E-state index contributed by atoms with van der Waals surface area (Å²) in [5.74, 6) is -0.343. The van der Waals surface area contributed by atoms with E-state index < -0.39 is 10.0 Å². The number of carbonyl (C=O) groups excluding carboxylic acids is 1. The number of carbonyl (C=O) groups is 1. The van der Waals surface area contributed by atoms with Crippen molar-refractivity contribution in [1.82, 2.24) is 4.31 Å². The molecule has 1 fully saturated rings. The van der Waals surface area contributed by atoms with Crippen LogP contribution in [0.5, 0.6) is 0 Å². The highest BCUT2D eigenvalue weighted by Crippen LogP contribution is 2.37. The van der Waals surface area contributed by atoms with Gasteiger partial charge in [0, 0.05) is 13.0 Å². The molecule has 0 spiro atoms. The highest BCUT2D eigenvalue weighted by Gasteiger charge is 2.40. The average Bonchev–Trinajstić information content (AvgIpc) is 2.76. The van der Waals surface area contributed by atoms with Crippen LogP contribution in [0.4, 0.5) is 0 Å². The Kier molecular flexibility index (Phi) is 5.73. The summed E-state index contributed by atoms with van der Waals surface area (Å²) in [6.45, 7) is 2.09. The molecule has 3 aromatic rings. The molecular formula is C25H25NO3S. The van der Waals surface area contributed by atoms with Crippen LogP contribution in [-0.4, -0.2) is 25.2 Å². The van der Waals surface area contributed by atoms with Crippen molar-refractivity contribution in [2.75, 3.05) is 6.54 Å². The maximum absolute atomic E-state index is 13.3. The Morgan fingerprint density at radius 2 is 1.47 bits per heavy atom. The van der Waals surface area contributed by atoms with Crippen LogP contribution in [0.2, 0.25) is 0 Å². The molecule has 0 aromatic heterocycles. The summed E-state index contributed by atoms with van der Waals surface area (Å²) in [6.07, 6.45) is 0.903. The van der Waals surface area contributed by atoms with Gasteiger partial charge in [-0.2, -0.15) is 0 Å². The van der Waals surface area contributed by atoms with E-state index in [1.54, 1.807) is 24.3 Å². The molecule has 0 bridgehead atoms. The Hall–Kier alpha value is -2.92. The van der Waals surface area contributed by atoms with Crippen molar-refractivity contribution in [3.8, 4) is 0 Å². The standard InChI is InChI=1S/C25H25NO3S/c1-19-12-14-23(15-13-19)30(28,29)26-18-22(16-20-8-4-2-5-9-20)24(17-25(26)27)21-10-6-3-7-11-21/h2-15,22,24H,16-18H2,1H3/t22-,24-/m1/s1. The first-order valence-corrected chi connectivity index (χ1v) is 11.6. The molecule has 2 atom stereocenters. The van der Waals surface area contributed by atoms with Gasteiger partial charge in [0.2, 0.25) is 5.91 Å². The van der Waals surface area contributed by atoms with Gasteiger partial charge in [-0.05, 0) is 48.4 Å². The minimum atomic E-state index is -3.87. The van der Waals surface area contributed by atoms with E-state index in [1.165, 1.54) is 0 Å². The van der Waals surface area contributed by atoms with Crippen LogP contribution in [0, 0.1) is 12.8 Å². The van der Waals surface area contributed by atoms with Crippen LogP contribution < -0.4 is 0 Å². The number of rotatable bonds is 5. The van der Waals surface area contributed by atoms with Gasteiger partial charge in [-0.15, -0.1) is 0 Å². The SMILES string of the molecule is Cc1ccc(S(=O)(=O)N2C[C@@H](Cc3ccccc3)[C@@H](c3ccccc3)CC2=O)cc1. The summed E-state index contributed by atoms with van der Waals surface area (Å²) in [5.41, 5.74) is 3.20. The molecule has 0 unspecified atom stereocenters. The minimum absolute atomic E-state index is 0.00715. The Bertz CT molecular complexity index is 1110. The molecule has 0 aliphatic carbocycles. The topological polar surface area (TPSA) is 54.5 Å². The second kappa shape index (κ2) is 8.44. The van der Waals surface area contributed by atoms with Gasteiger partial charge in [-0.1, -0.05) is 78.4 Å². The molecule has 1 saturated heterocycles. The number of benzene rings is 3. The first kappa shape index (κ1) is 20.4. The molecule has 0 saturated carbocycles. The van der Waals surface area contributed by atoms with Crippen molar-refractivity contribution < 1.29 is 13.2 Å². The van der Waals surface area contributed by atoms with E-state index in [1.807, 2.05) is 55.5 Å². The van der Waals surface area contributed by atoms with Crippen molar-refractivity contribution in [3.63, 3.8) is 0 Å². The summed E-state index contributed by atoms with van der Waals surface area (Å²) in [4.78, 5) is 13.2. The number of sulfonamides is 1. The lowest BCUT2D eigenvalue weighted by Crippen LogP contribution is -2.47. The number of aryl methyl sites for hydroxylation is 1. The van der Waals surface area contributed by atoms with E-state index in [0.717, 1.165) is 21.0 Å². The highest BCUT2D eigenvalue weighted by atomic mass is 32.2. The van der Waals surface area contributed by atoms with Gasteiger partial charge in [0.15, 0.2) is 0 Å². The van der Waals surface area contributed by atoms with E-state index >= 15 is 0 Å². The van der Waals surface area contributed by atoms with E-state index in [0.29, 0.717) is 6.42 Å². The molecule has 5 heteroatoms. The van der Waals surface area contributed by atoms with Crippen molar-refractivity contribution in [2.45, 2.75) is 30.6 Å². The van der Waals surface area contributed by atoms with Gasteiger partial charge < -0.3 is 0 Å². The van der Waals surface area contributed by atoms with Crippen molar-refractivity contribution in [2.24, 2.45) is 5.92 Å². The Morgan fingerprint density at radius 1 is 0.867 bits per heavy atom. The predicted octanol–water partition coefficient (Wildman–Crippen LogP) is 4.56.